The van der Waals surface area contributed by atoms with Gasteiger partial charge in [-0.25, -0.2) is 4.98 Å². The van der Waals surface area contributed by atoms with Gasteiger partial charge in [0.25, 0.3) is 5.91 Å². The predicted octanol–water partition coefficient (Wildman–Crippen LogP) is 2.88. The number of carbonyl (C=O) groups excluding carboxylic acids is 1. The molecular formula is C15H26N4OS. The lowest BCUT2D eigenvalue weighted by Crippen LogP contribution is -2.36. The molecule has 3 N–H and O–H groups in total. The van der Waals surface area contributed by atoms with E-state index in [-0.39, 0.29) is 11.3 Å². The summed E-state index contributed by atoms with van der Waals surface area (Å²) < 4.78 is 0. The Labute approximate surface area is 130 Å². The largest absolute Gasteiger partial charge is 0.382 e. The fourth-order valence-electron chi connectivity index (χ4n) is 2.74. The molecule has 0 radical (unpaired) electrons. The van der Waals surface area contributed by atoms with Crippen molar-refractivity contribution in [1.29, 1.82) is 0 Å². The lowest BCUT2D eigenvalue weighted by molar-refractivity contribution is 0.0924. The minimum Gasteiger partial charge on any atom is -0.382 e. The SMILES string of the molecule is CCN(C)c1nc(N)c(C(=O)NCC2(C)CCCCC2)s1. The second kappa shape index (κ2) is 6.64. The zero-order valence-corrected chi connectivity index (χ0v) is 14.1. The van der Waals surface area contributed by atoms with E-state index in [0.717, 1.165) is 18.2 Å². The van der Waals surface area contributed by atoms with Gasteiger partial charge in [0.1, 0.15) is 10.7 Å². The number of aromatic nitrogens is 1. The minimum atomic E-state index is -0.0902. The van der Waals surface area contributed by atoms with E-state index in [9.17, 15) is 4.79 Å². The molecule has 0 aromatic carbocycles. The van der Waals surface area contributed by atoms with Crippen molar-refractivity contribution < 1.29 is 4.79 Å². The molecule has 0 spiro atoms. The van der Waals surface area contributed by atoms with E-state index in [1.807, 2.05) is 18.9 Å². The van der Waals surface area contributed by atoms with Gasteiger partial charge in [0.2, 0.25) is 0 Å². The van der Waals surface area contributed by atoms with Crippen LogP contribution in [0.5, 0.6) is 0 Å². The summed E-state index contributed by atoms with van der Waals surface area (Å²) in [5.41, 5.74) is 6.12. The Morgan fingerprint density at radius 3 is 2.71 bits per heavy atom. The van der Waals surface area contributed by atoms with Gasteiger partial charge in [-0.1, -0.05) is 37.5 Å². The zero-order valence-electron chi connectivity index (χ0n) is 13.2. The van der Waals surface area contributed by atoms with Crippen molar-refractivity contribution in [1.82, 2.24) is 10.3 Å². The minimum absolute atomic E-state index is 0.0902. The van der Waals surface area contributed by atoms with Crippen molar-refractivity contribution in [3.8, 4) is 0 Å². The average molecular weight is 310 g/mol. The summed E-state index contributed by atoms with van der Waals surface area (Å²) in [6, 6.07) is 0. The fourth-order valence-corrected chi connectivity index (χ4v) is 3.66. The van der Waals surface area contributed by atoms with Crippen LogP contribution < -0.4 is 16.0 Å². The molecule has 1 aromatic rings. The number of thiazole rings is 1. The van der Waals surface area contributed by atoms with Gasteiger partial charge in [-0.3, -0.25) is 4.79 Å². The summed E-state index contributed by atoms with van der Waals surface area (Å²) in [7, 11) is 1.95. The molecule has 2 rings (SSSR count). The summed E-state index contributed by atoms with van der Waals surface area (Å²) in [5.74, 6) is 0.245. The first-order valence-electron chi connectivity index (χ1n) is 7.71. The van der Waals surface area contributed by atoms with Gasteiger partial charge in [0, 0.05) is 20.1 Å². The summed E-state index contributed by atoms with van der Waals surface area (Å²) in [6.45, 7) is 5.87. The maximum Gasteiger partial charge on any atom is 0.265 e. The van der Waals surface area contributed by atoms with Crippen LogP contribution in [0.2, 0.25) is 0 Å². The number of rotatable bonds is 5. The first-order valence-corrected chi connectivity index (χ1v) is 8.52. The highest BCUT2D eigenvalue weighted by atomic mass is 32.1. The third kappa shape index (κ3) is 3.87. The monoisotopic (exact) mass is 310 g/mol. The molecule has 5 nitrogen and oxygen atoms in total. The number of nitrogens with zero attached hydrogens (tertiary/aromatic N) is 2. The first-order chi connectivity index (χ1) is 9.95. The highest BCUT2D eigenvalue weighted by Gasteiger charge is 2.28. The van der Waals surface area contributed by atoms with Gasteiger partial charge in [-0.2, -0.15) is 0 Å². The van der Waals surface area contributed by atoms with Gasteiger partial charge in [0.05, 0.1) is 0 Å². The van der Waals surface area contributed by atoms with Crippen LogP contribution in [0.25, 0.3) is 0 Å². The molecule has 0 bridgehead atoms. The molecule has 1 fully saturated rings. The van der Waals surface area contributed by atoms with Crippen molar-refractivity contribution in [3.05, 3.63) is 4.88 Å². The summed E-state index contributed by atoms with van der Waals surface area (Å²) >= 11 is 1.36. The first kappa shape index (κ1) is 16.1. The third-order valence-electron chi connectivity index (χ3n) is 4.39. The van der Waals surface area contributed by atoms with E-state index in [4.69, 9.17) is 5.73 Å². The van der Waals surface area contributed by atoms with Crippen molar-refractivity contribution in [2.75, 3.05) is 30.8 Å². The lowest BCUT2D eigenvalue weighted by atomic mass is 9.76. The molecule has 0 aliphatic heterocycles. The molecule has 0 atom stereocenters. The van der Waals surface area contributed by atoms with Gasteiger partial charge < -0.3 is 16.0 Å². The Balaban J connectivity index is 1.98. The molecule has 0 saturated heterocycles. The molecule has 1 aliphatic rings. The Morgan fingerprint density at radius 2 is 2.10 bits per heavy atom. The molecular weight excluding hydrogens is 284 g/mol. The number of anilines is 2. The normalized spacial score (nSPS) is 17.5. The number of amides is 1. The van der Waals surface area contributed by atoms with E-state index < -0.39 is 0 Å². The van der Waals surface area contributed by atoms with Crippen molar-refractivity contribution in [2.24, 2.45) is 5.41 Å². The summed E-state index contributed by atoms with van der Waals surface area (Å²) in [4.78, 5) is 19.1. The standard InChI is InChI=1S/C15H26N4OS/c1-4-19(3)14-18-12(16)11(21-14)13(20)17-10-15(2)8-6-5-7-9-15/h4-10,16H2,1-3H3,(H,17,20). The second-order valence-electron chi connectivity index (χ2n) is 6.28. The third-order valence-corrected chi connectivity index (χ3v) is 5.57. The van der Waals surface area contributed by atoms with E-state index >= 15 is 0 Å². The van der Waals surface area contributed by atoms with Gasteiger partial charge in [-0.15, -0.1) is 0 Å². The molecule has 1 aliphatic carbocycles. The lowest BCUT2D eigenvalue weighted by Gasteiger charge is -2.33. The van der Waals surface area contributed by atoms with Crippen LogP contribution in [0.3, 0.4) is 0 Å². The zero-order chi connectivity index (χ0) is 15.5. The van der Waals surface area contributed by atoms with Crippen LogP contribution in [0.1, 0.15) is 55.6 Å². The number of carbonyl (C=O) groups is 1. The van der Waals surface area contributed by atoms with Crippen LogP contribution in [0.4, 0.5) is 10.9 Å². The fraction of sp³-hybridized carbons (Fsp3) is 0.733. The maximum atomic E-state index is 12.3. The molecule has 1 amide bonds. The second-order valence-corrected chi connectivity index (χ2v) is 7.26. The number of nitrogen functional groups attached to an aromatic ring is 1. The Morgan fingerprint density at radius 1 is 1.43 bits per heavy atom. The van der Waals surface area contributed by atoms with E-state index in [1.54, 1.807) is 0 Å². The maximum absolute atomic E-state index is 12.3. The topological polar surface area (TPSA) is 71.2 Å². The molecule has 6 heteroatoms. The number of nitrogens with one attached hydrogen (secondary N) is 1. The van der Waals surface area contributed by atoms with Crippen LogP contribution in [0.15, 0.2) is 0 Å². The van der Waals surface area contributed by atoms with Crippen LogP contribution in [0, 0.1) is 5.41 Å². The van der Waals surface area contributed by atoms with Gasteiger partial charge >= 0.3 is 0 Å². The van der Waals surface area contributed by atoms with Crippen molar-refractivity contribution in [2.45, 2.75) is 46.0 Å². The number of nitrogens with two attached hydrogens (primary N) is 1. The number of hydrogen-bond donors (Lipinski definition) is 2. The molecule has 1 heterocycles. The quantitative estimate of drug-likeness (QED) is 0.877. The van der Waals surface area contributed by atoms with Gasteiger partial charge in [0.15, 0.2) is 5.13 Å². The Hall–Kier alpha value is -1.30. The number of hydrogen-bond acceptors (Lipinski definition) is 5. The highest BCUT2D eigenvalue weighted by molar-refractivity contribution is 7.18. The van der Waals surface area contributed by atoms with Crippen molar-refractivity contribution >= 4 is 28.2 Å². The predicted molar refractivity (Wildman–Crippen MR) is 89.0 cm³/mol. The molecule has 1 aromatic heterocycles. The average Bonchev–Trinajstić information content (AvgIpc) is 2.87. The highest BCUT2D eigenvalue weighted by Crippen LogP contribution is 2.35. The Bertz CT molecular complexity index is 494. The van der Waals surface area contributed by atoms with Crippen molar-refractivity contribution in [3.63, 3.8) is 0 Å². The van der Waals surface area contributed by atoms with E-state index in [1.165, 1.54) is 43.4 Å². The van der Waals surface area contributed by atoms with Gasteiger partial charge in [-0.05, 0) is 25.2 Å². The summed E-state index contributed by atoms with van der Waals surface area (Å²) in [6.07, 6.45) is 6.23. The van der Waals surface area contributed by atoms with Crippen LogP contribution in [-0.2, 0) is 0 Å². The molecule has 1 saturated carbocycles. The molecule has 118 valence electrons. The van der Waals surface area contributed by atoms with Crippen LogP contribution >= 0.6 is 11.3 Å². The molecule has 0 unspecified atom stereocenters. The van der Waals surface area contributed by atoms with E-state index in [2.05, 4.69) is 17.2 Å². The van der Waals surface area contributed by atoms with Crippen LogP contribution in [-0.4, -0.2) is 31.0 Å². The molecule has 21 heavy (non-hydrogen) atoms. The Kier molecular flexibility index (Phi) is 5.08. The summed E-state index contributed by atoms with van der Waals surface area (Å²) in [5, 5.41) is 3.85. The van der Waals surface area contributed by atoms with E-state index in [0.29, 0.717) is 10.7 Å². The smallest absolute Gasteiger partial charge is 0.265 e.